The number of amides is 1. The highest BCUT2D eigenvalue weighted by Crippen LogP contribution is 2.15. The smallest absolute Gasteiger partial charge is 0.257 e. The van der Waals surface area contributed by atoms with E-state index in [0.29, 0.717) is 13.2 Å². The van der Waals surface area contributed by atoms with Gasteiger partial charge in [0.2, 0.25) is 0 Å². The minimum Gasteiger partial charge on any atom is -0.383 e. The third-order valence-electron chi connectivity index (χ3n) is 3.27. The molecule has 0 fully saturated rings. The Morgan fingerprint density at radius 1 is 1.47 bits per heavy atom. The van der Waals surface area contributed by atoms with E-state index in [9.17, 15) is 9.18 Å². The maximum Gasteiger partial charge on any atom is 0.257 e. The number of hydrogen-bond acceptors (Lipinski definition) is 2. The van der Waals surface area contributed by atoms with Crippen LogP contribution in [0.5, 0.6) is 0 Å². The summed E-state index contributed by atoms with van der Waals surface area (Å²) >= 11 is 0. The molecule has 0 radical (unpaired) electrons. The Hall–Kier alpha value is -1.42. The maximum atomic E-state index is 13.8. The van der Waals surface area contributed by atoms with Crippen molar-refractivity contribution < 1.29 is 13.9 Å². The predicted octanol–water partition coefficient (Wildman–Crippen LogP) is 3.02. The second-order valence-electron chi connectivity index (χ2n) is 4.73. The molecule has 4 heteroatoms. The average molecular weight is 267 g/mol. The molecule has 0 aromatic heterocycles. The van der Waals surface area contributed by atoms with Crippen LogP contribution >= 0.6 is 0 Å². The molecule has 0 heterocycles. The highest BCUT2D eigenvalue weighted by Gasteiger charge is 2.22. The van der Waals surface area contributed by atoms with Crippen molar-refractivity contribution >= 4 is 5.91 Å². The van der Waals surface area contributed by atoms with Crippen molar-refractivity contribution in [2.75, 3.05) is 20.3 Å². The van der Waals surface area contributed by atoms with Crippen molar-refractivity contribution in [3.8, 4) is 0 Å². The molecule has 0 bridgehead atoms. The van der Waals surface area contributed by atoms with Crippen molar-refractivity contribution in [1.82, 2.24) is 4.90 Å². The fourth-order valence-electron chi connectivity index (χ4n) is 1.89. The molecule has 0 spiro atoms. The van der Waals surface area contributed by atoms with Gasteiger partial charge in [0.15, 0.2) is 0 Å². The Labute approximate surface area is 114 Å². The second kappa shape index (κ2) is 7.24. The molecule has 1 unspecified atom stereocenters. The van der Waals surface area contributed by atoms with Gasteiger partial charge in [-0.3, -0.25) is 4.79 Å². The third kappa shape index (κ3) is 4.03. The summed E-state index contributed by atoms with van der Waals surface area (Å²) in [4.78, 5) is 14.1. The van der Waals surface area contributed by atoms with Crippen LogP contribution < -0.4 is 0 Å². The summed E-state index contributed by atoms with van der Waals surface area (Å²) in [6.45, 7) is 6.73. The van der Waals surface area contributed by atoms with Gasteiger partial charge >= 0.3 is 0 Å². The quantitative estimate of drug-likeness (QED) is 0.793. The van der Waals surface area contributed by atoms with Gasteiger partial charge < -0.3 is 9.64 Å². The number of rotatable bonds is 6. The highest BCUT2D eigenvalue weighted by atomic mass is 19.1. The third-order valence-corrected chi connectivity index (χ3v) is 3.27. The maximum absolute atomic E-state index is 13.8. The van der Waals surface area contributed by atoms with Gasteiger partial charge in [0.25, 0.3) is 5.91 Å². The summed E-state index contributed by atoms with van der Waals surface area (Å²) in [5.41, 5.74) is 1.01. The number of nitrogens with zero attached hydrogens (tertiary/aromatic N) is 1. The van der Waals surface area contributed by atoms with Crippen molar-refractivity contribution in [3.05, 3.63) is 35.1 Å². The predicted molar refractivity (Wildman–Crippen MR) is 73.8 cm³/mol. The lowest BCUT2D eigenvalue weighted by Gasteiger charge is -2.28. The van der Waals surface area contributed by atoms with Crippen molar-refractivity contribution in [3.63, 3.8) is 0 Å². The van der Waals surface area contributed by atoms with Gasteiger partial charge in [0.1, 0.15) is 5.82 Å². The van der Waals surface area contributed by atoms with Crippen LogP contribution in [0.1, 0.15) is 36.2 Å². The molecule has 1 aromatic carbocycles. The molecule has 3 nitrogen and oxygen atoms in total. The van der Waals surface area contributed by atoms with Gasteiger partial charge in [-0.2, -0.15) is 0 Å². The fraction of sp³-hybridized carbons (Fsp3) is 0.533. The largest absolute Gasteiger partial charge is 0.383 e. The van der Waals surface area contributed by atoms with E-state index in [2.05, 4.69) is 0 Å². The van der Waals surface area contributed by atoms with Crippen LogP contribution in [0.4, 0.5) is 4.39 Å². The first-order valence-corrected chi connectivity index (χ1v) is 6.57. The van der Waals surface area contributed by atoms with Gasteiger partial charge in [-0.1, -0.05) is 18.6 Å². The van der Waals surface area contributed by atoms with Crippen molar-refractivity contribution in [2.45, 2.75) is 33.2 Å². The molecule has 0 saturated heterocycles. The van der Waals surface area contributed by atoms with E-state index in [1.165, 1.54) is 6.07 Å². The van der Waals surface area contributed by atoms with Crippen LogP contribution in [-0.2, 0) is 4.74 Å². The van der Waals surface area contributed by atoms with Gasteiger partial charge in [0.05, 0.1) is 12.2 Å². The number of halogens is 1. The molecule has 0 saturated carbocycles. The van der Waals surface area contributed by atoms with Crippen LogP contribution in [0.15, 0.2) is 18.2 Å². The molecule has 0 aliphatic carbocycles. The van der Waals surface area contributed by atoms with Gasteiger partial charge in [-0.25, -0.2) is 4.39 Å². The zero-order chi connectivity index (χ0) is 14.4. The lowest BCUT2D eigenvalue weighted by atomic mass is 10.1. The molecule has 1 aromatic rings. The number of benzene rings is 1. The lowest BCUT2D eigenvalue weighted by molar-refractivity contribution is 0.0609. The summed E-state index contributed by atoms with van der Waals surface area (Å²) in [6, 6.07) is 4.66. The monoisotopic (exact) mass is 267 g/mol. The minimum absolute atomic E-state index is 0.0579. The topological polar surface area (TPSA) is 29.5 Å². The molecule has 0 aliphatic rings. The SMILES string of the molecule is CCC(C)N(CCOC)C(=O)c1cc(C)ccc1F. The van der Waals surface area contributed by atoms with Gasteiger partial charge in [-0.05, 0) is 32.4 Å². The molecule has 1 rings (SSSR count). The van der Waals surface area contributed by atoms with Crippen LogP contribution in [0.25, 0.3) is 0 Å². The summed E-state index contributed by atoms with van der Waals surface area (Å²) in [5, 5.41) is 0. The molecule has 0 aliphatic heterocycles. The van der Waals surface area contributed by atoms with E-state index >= 15 is 0 Å². The van der Waals surface area contributed by atoms with E-state index < -0.39 is 5.82 Å². The standard InChI is InChI=1S/C15H22FNO2/c1-5-12(3)17(8-9-19-4)15(18)13-10-11(2)6-7-14(13)16/h6-7,10,12H,5,8-9H2,1-4H3. The Bertz CT molecular complexity index is 434. The fourth-order valence-corrected chi connectivity index (χ4v) is 1.89. The summed E-state index contributed by atoms with van der Waals surface area (Å²) in [6.07, 6.45) is 0.822. The molecular formula is C15H22FNO2. The number of carbonyl (C=O) groups excluding carboxylic acids is 1. The Kier molecular flexibility index (Phi) is 5.96. The second-order valence-corrected chi connectivity index (χ2v) is 4.73. The first-order chi connectivity index (χ1) is 9.01. The Morgan fingerprint density at radius 3 is 2.74 bits per heavy atom. The van der Waals surface area contributed by atoms with Crippen molar-refractivity contribution in [2.24, 2.45) is 0 Å². The lowest BCUT2D eigenvalue weighted by Crippen LogP contribution is -2.40. The van der Waals surface area contributed by atoms with Gasteiger partial charge in [0, 0.05) is 19.7 Å². The first kappa shape index (κ1) is 15.6. The molecule has 19 heavy (non-hydrogen) atoms. The summed E-state index contributed by atoms with van der Waals surface area (Å²) in [5.74, 6) is -0.742. The Morgan fingerprint density at radius 2 is 2.16 bits per heavy atom. The normalized spacial score (nSPS) is 12.3. The van der Waals surface area contributed by atoms with E-state index in [4.69, 9.17) is 4.74 Å². The molecule has 106 valence electrons. The number of carbonyl (C=O) groups is 1. The van der Waals surface area contributed by atoms with E-state index in [1.807, 2.05) is 20.8 Å². The summed E-state index contributed by atoms with van der Waals surface area (Å²) < 4.78 is 18.8. The van der Waals surface area contributed by atoms with Crippen LogP contribution in [-0.4, -0.2) is 37.1 Å². The molecule has 0 N–H and O–H groups in total. The number of methoxy groups -OCH3 is 1. The van der Waals surface area contributed by atoms with Crippen LogP contribution in [0.2, 0.25) is 0 Å². The average Bonchev–Trinajstić information content (AvgIpc) is 2.41. The molecular weight excluding hydrogens is 245 g/mol. The Balaban J connectivity index is 3.00. The van der Waals surface area contributed by atoms with Crippen LogP contribution in [0.3, 0.4) is 0 Å². The minimum atomic E-state index is -0.471. The van der Waals surface area contributed by atoms with Crippen molar-refractivity contribution in [1.29, 1.82) is 0 Å². The van der Waals surface area contributed by atoms with Gasteiger partial charge in [-0.15, -0.1) is 0 Å². The first-order valence-electron chi connectivity index (χ1n) is 6.57. The number of ether oxygens (including phenoxy) is 1. The van der Waals surface area contributed by atoms with Crippen LogP contribution in [0, 0.1) is 12.7 Å². The van der Waals surface area contributed by atoms with E-state index in [-0.39, 0.29) is 17.5 Å². The number of hydrogen-bond donors (Lipinski definition) is 0. The summed E-state index contributed by atoms with van der Waals surface area (Å²) in [7, 11) is 1.59. The zero-order valence-corrected chi connectivity index (χ0v) is 12.1. The molecule has 1 amide bonds. The molecule has 1 atom stereocenters. The number of aryl methyl sites for hydroxylation is 1. The van der Waals surface area contributed by atoms with E-state index in [0.717, 1.165) is 12.0 Å². The highest BCUT2D eigenvalue weighted by molar-refractivity contribution is 5.94. The van der Waals surface area contributed by atoms with E-state index in [1.54, 1.807) is 24.1 Å². The zero-order valence-electron chi connectivity index (χ0n) is 12.1.